The summed E-state index contributed by atoms with van der Waals surface area (Å²) in [5.41, 5.74) is 1.12. The summed E-state index contributed by atoms with van der Waals surface area (Å²) in [6, 6.07) is 0.213. The van der Waals surface area contributed by atoms with E-state index >= 15 is 0 Å². The first-order valence-electron chi connectivity index (χ1n) is 8.57. The van der Waals surface area contributed by atoms with Gasteiger partial charge in [0.15, 0.2) is 0 Å². The third kappa shape index (κ3) is 3.77. The van der Waals surface area contributed by atoms with Gasteiger partial charge in [0.25, 0.3) is 0 Å². The second-order valence-electron chi connectivity index (χ2n) is 6.75. The van der Waals surface area contributed by atoms with Gasteiger partial charge < -0.3 is 14.8 Å². The van der Waals surface area contributed by atoms with Crippen LogP contribution in [0.3, 0.4) is 0 Å². The second kappa shape index (κ2) is 7.07. The monoisotopic (exact) mass is 330 g/mol. The summed E-state index contributed by atoms with van der Waals surface area (Å²) in [7, 11) is 1.92. The first kappa shape index (κ1) is 16.5. The minimum absolute atomic E-state index is 0.108. The molecule has 0 unspecified atom stereocenters. The lowest BCUT2D eigenvalue weighted by atomic mass is 10.2. The standard InChI is InChI=1S/C17H26N6O/c1-13(2)17-18-6-9-22(17)8-5-16(24)20-14-4-7-23(11-14)15-10-19-21(3)12-15/h6,9-10,12-14H,4-5,7-8,11H2,1-3H3,(H,20,24)/t14-/m1/s1. The number of carbonyl (C=O) groups excluding carboxylic acids is 1. The molecular weight excluding hydrogens is 304 g/mol. The number of nitrogens with zero attached hydrogens (tertiary/aromatic N) is 5. The highest BCUT2D eigenvalue weighted by Crippen LogP contribution is 2.19. The zero-order valence-electron chi connectivity index (χ0n) is 14.6. The number of amides is 1. The van der Waals surface area contributed by atoms with Gasteiger partial charge >= 0.3 is 0 Å². The maximum Gasteiger partial charge on any atom is 0.222 e. The van der Waals surface area contributed by atoms with E-state index in [9.17, 15) is 4.79 Å². The van der Waals surface area contributed by atoms with E-state index in [1.54, 1.807) is 10.9 Å². The van der Waals surface area contributed by atoms with Crippen LogP contribution in [0.4, 0.5) is 5.69 Å². The third-order valence-corrected chi connectivity index (χ3v) is 4.45. The molecule has 1 aliphatic heterocycles. The Labute approximate surface area is 142 Å². The van der Waals surface area contributed by atoms with Crippen LogP contribution in [0.2, 0.25) is 0 Å². The number of carbonyl (C=O) groups is 1. The van der Waals surface area contributed by atoms with Crippen molar-refractivity contribution in [1.29, 1.82) is 0 Å². The van der Waals surface area contributed by atoms with Gasteiger partial charge in [-0.2, -0.15) is 5.10 Å². The second-order valence-corrected chi connectivity index (χ2v) is 6.75. The molecule has 1 fully saturated rings. The average molecular weight is 330 g/mol. The molecule has 7 nitrogen and oxygen atoms in total. The Morgan fingerprint density at radius 2 is 2.29 bits per heavy atom. The number of anilines is 1. The molecule has 1 aliphatic rings. The Morgan fingerprint density at radius 3 is 3.00 bits per heavy atom. The number of rotatable bonds is 6. The van der Waals surface area contributed by atoms with Crippen LogP contribution in [-0.2, 0) is 18.4 Å². The van der Waals surface area contributed by atoms with Gasteiger partial charge in [-0.1, -0.05) is 13.8 Å². The van der Waals surface area contributed by atoms with Gasteiger partial charge in [0.2, 0.25) is 5.91 Å². The van der Waals surface area contributed by atoms with Gasteiger partial charge in [-0.05, 0) is 6.42 Å². The summed E-state index contributed by atoms with van der Waals surface area (Å²) < 4.78 is 3.87. The molecule has 0 saturated carbocycles. The molecule has 0 spiro atoms. The summed E-state index contributed by atoms with van der Waals surface area (Å²) in [5, 5.41) is 7.36. The van der Waals surface area contributed by atoms with Crippen LogP contribution < -0.4 is 10.2 Å². The van der Waals surface area contributed by atoms with E-state index in [1.165, 1.54) is 0 Å². The SMILES string of the molecule is CC(C)c1nccn1CCC(=O)N[C@@H]1CCN(c2cnn(C)c2)C1. The number of hydrogen-bond acceptors (Lipinski definition) is 4. The first-order chi connectivity index (χ1) is 11.5. The lowest BCUT2D eigenvalue weighted by Gasteiger charge is -2.17. The fourth-order valence-corrected chi connectivity index (χ4v) is 3.22. The highest BCUT2D eigenvalue weighted by atomic mass is 16.1. The third-order valence-electron chi connectivity index (χ3n) is 4.45. The van der Waals surface area contributed by atoms with E-state index in [0.29, 0.717) is 18.9 Å². The Balaban J connectivity index is 1.46. The molecule has 2 aromatic heterocycles. The topological polar surface area (TPSA) is 68.0 Å². The summed E-state index contributed by atoms with van der Waals surface area (Å²) in [6.07, 6.45) is 9.09. The molecule has 3 heterocycles. The molecule has 1 N–H and O–H groups in total. The number of imidazole rings is 1. The predicted octanol–water partition coefficient (Wildman–Crippen LogP) is 1.53. The minimum atomic E-state index is 0.108. The van der Waals surface area contributed by atoms with Crippen LogP contribution in [0.5, 0.6) is 0 Å². The van der Waals surface area contributed by atoms with E-state index in [1.807, 2.05) is 25.6 Å². The first-order valence-corrected chi connectivity index (χ1v) is 8.57. The van der Waals surface area contributed by atoms with Crippen molar-refractivity contribution in [2.45, 2.75) is 45.2 Å². The molecule has 0 aliphatic carbocycles. The maximum absolute atomic E-state index is 12.2. The van der Waals surface area contributed by atoms with Gasteiger partial charge in [-0.25, -0.2) is 4.98 Å². The van der Waals surface area contributed by atoms with Crippen molar-refractivity contribution in [3.63, 3.8) is 0 Å². The van der Waals surface area contributed by atoms with E-state index in [2.05, 4.69) is 38.7 Å². The zero-order valence-corrected chi connectivity index (χ0v) is 14.6. The predicted molar refractivity (Wildman–Crippen MR) is 92.9 cm³/mol. The molecule has 1 saturated heterocycles. The van der Waals surface area contributed by atoms with Gasteiger partial charge in [0, 0.05) is 63.7 Å². The molecule has 130 valence electrons. The van der Waals surface area contributed by atoms with Crippen LogP contribution in [0.1, 0.15) is 38.4 Å². The molecule has 0 aromatic carbocycles. The van der Waals surface area contributed by atoms with Crippen molar-refractivity contribution in [3.8, 4) is 0 Å². The zero-order chi connectivity index (χ0) is 17.1. The molecule has 0 radical (unpaired) electrons. The molecule has 0 bridgehead atoms. The van der Waals surface area contributed by atoms with E-state index < -0.39 is 0 Å². The fourth-order valence-electron chi connectivity index (χ4n) is 3.22. The molecule has 1 amide bonds. The largest absolute Gasteiger partial charge is 0.367 e. The van der Waals surface area contributed by atoms with Crippen molar-refractivity contribution >= 4 is 11.6 Å². The Morgan fingerprint density at radius 1 is 1.46 bits per heavy atom. The lowest BCUT2D eigenvalue weighted by Crippen LogP contribution is -2.37. The van der Waals surface area contributed by atoms with Crippen molar-refractivity contribution in [3.05, 3.63) is 30.6 Å². The van der Waals surface area contributed by atoms with Crippen LogP contribution in [0.15, 0.2) is 24.8 Å². The van der Waals surface area contributed by atoms with E-state index in [4.69, 9.17) is 0 Å². The summed E-state index contributed by atoms with van der Waals surface area (Å²) in [5.74, 6) is 1.51. The number of aryl methyl sites for hydroxylation is 2. The maximum atomic E-state index is 12.2. The molecular formula is C17H26N6O. The highest BCUT2D eigenvalue weighted by molar-refractivity contribution is 5.76. The quantitative estimate of drug-likeness (QED) is 0.872. The van der Waals surface area contributed by atoms with Gasteiger partial charge in [-0.15, -0.1) is 0 Å². The highest BCUT2D eigenvalue weighted by Gasteiger charge is 2.24. The minimum Gasteiger partial charge on any atom is -0.367 e. The van der Waals surface area contributed by atoms with Crippen molar-refractivity contribution in [1.82, 2.24) is 24.6 Å². The Bertz CT molecular complexity index is 689. The molecule has 7 heteroatoms. The van der Waals surface area contributed by atoms with Crippen LogP contribution in [-0.4, -0.2) is 44.4 Å². The summed E-state index contributed by atoms with van der Waals surface area (Å²) >= 11 is 0. The summed E-state index contributed by atoms with van der Waals surface area (Å²) in [6.45, 7) is 6.71. The number of nitrogens with one attached hydrogen (secondary N) is 1. The van der Waals surface area contributed by atoms with Crippen LogP contribution >= 0.6 is 0 Å². The summed E-state index contributed by atoms with van der Waals surface area (Å²) in [4.78, 5) is 18.9. The smallest absolute Gasteiger partial charge is 0.222 e. The Hall–Kier alpha value is -2.31. The van der Waals surface area contributed by atoms with Crippen LogP contribution in [0.25, 0.3) is 0 Å². The van der Waals surface area contributed by atoms with Gasteiger partial charge in [0.1, 0.15) is 5.82 Å². The van der Waals surface area contributed by atoms with Crippen LogP contribution in [0, 0.1) is 0 Å². The molecule has 1 atom stereocenters. The molecule has 3 rings (SSSR count). The van der Waals surface area contributed by atoms with Crippen molar-refractivity contribution in [2.24, 2.45) is 7.05 Å². The molecule has 2 aromatic rings. The average Bonchev–Trinajstić information content (AvgIpc) is 3.24. The van der Waals surface area contributed by atoms with Crippen molar-refractivity contribution < 1.29 is 4.79 Å². The molecule has 24 heavy (non-hydrogen) atoms. The Kier molecular flexibility index (Phi) is 4.87. The number of aromatic nitrogens is 4. The lowest BCUT2D eigenvalue weighted by molar-refractivity contribution is -0.121. The fraction of sp³-hybridized carbons (Fsp3) is 0.588. The van der Waals surface area contributed by atoms with Gasteiger partial charge in [0.05, 0.1) is 11.9 Å². The van der Waals surface area contributed by atoms with Crippen molar-refractivity contribution in [2.75, 3.05) is 18.0 Å². The number of hydrogen-bond donors (Lipinski definition) is 1. The van der Waals surface area contributed by atoms with Gasteiger partial charge in [-0.3, -0.25) is 9.48 Å². The van der Waals surface area contributed by atoms with E-state index in [-0.39, 0.29) is 11.9 Å². The van der Waals surface area contributed by atoms with E-state index in [0.717, 1.165) is 31.0 Å². The normalized spacial score (nSPS) is 17.7.